The van der Waals surface area contributed by atoms with E-state index >= 15 is 0 Å². The molecule has 1 N–H and O–H groups in total. The van der Waals surface area contributed by atoms with Crippen LogP contribution in [0.2, 0.25) is 0 Å². The molecule has 0 saturated carbocycles. The van der Waals surface area contributed by atoms with Gasteiger partial charge in [-0.15, -0.1) is 11.3 Å². The van der Waals surface area contributed by atoms with Crippen molar-refractivity contribution < 1.29 is 0 Å². The molecule has 0 spiro atoms. The number of rotatable bonds is 6. The zero-order valence-electron chi connectivity index (χ0n) is 14.8. The van der Waals surface area contributed by atoms with Crippen molar-refractivity contribution in [2.24, 2.45) is 0 Å². The molecule has 2 aromatic carbocycles. The van der Waals surface area contributed by atoms with Crippen LogP contribution in [0.1, 0.15) is 25.3 Å². The number of hydrogen-bond donors (Lipinski definition) is 1. The molecule has 3 nitrogen and oxygen atoms in total. The van der Waals surface area contributed by atoms with Crippen LogP contribution in [-0.2, 0) is 6.42 Å². The smallest absolute Gasteiger partial charge is 0.142 e. The maximum absolute atomic E-state index is 4.47. The van der Waals surface area contributed by atoms with E-state index in [0.717, 1.165) is 28.1 Å². The third-order valence-corrected chi connectivity index (χ3v) is 5.52. The summed E-state index contributed by atoms with van der Waals surface area (Å²) in [6.07, 6.45) is 5.22. The highest BCUT2D eigenvalue weighted by molar-refractivity contribution is 7.21. The normalized spacial score (nSPS) is 11.0. The SMILES string of the molecule is CCCCc1ccc(Nc2ncnc3sc(-c4ccccc4)cc23)cc1. The van der Waals surface area contributed by atoms with Gasteiger partial charge >= 0.3 is 0 Å². The molecule has 26 heavy (non-hydrogen) atoms. The van der Waals surface area contributed by atoms with E-state index in [1.807, 2.05) is 6.07 Å². The summed E-state index contributed by atoms with van der Waals surface area (Å²) < 4.78 is 0. The molecule has 0 fully saturated rings. The number of benzene rings is 2. The molecule has 4 heteroatoms. The molecule has 0 unspecified atom stereocenters. The molecule has 4 rings (SSSR count). The maximum atomic E-state index is 4.47. The van der Waals surface area contributed by atoms with Crippen LogP contribution in [0.4, 0.5) is 11.5 Å². The average molecular weight is 359 g/mol. The Labute approximate surface area is 157 Å². The zero-order valence-corrected chi connectivity index (χ0v) is 15.6. The molecule has 0 amide bonds. The van der Waals surface area contributed by atoms with E-state index in [4.69, 9.17) is 0 Å². The quantitative estimate of drug-likeness (QED) is 0.430. The van der Waals surface area contributed by atoms with Gasteiger partial charge in [-0.1, -0.05) is 55.8 Å². The van der Waals surface area contributed by atoms with Gasteiger partial charge in [0.15, 0.2) is 0 Å². The Morgan fingerprint density at radius 3 is 2.54 bits per heavy atom. The van der Waals surface area contributed by atoms with Gasteiger partial charge in [-0.3, -0.25) is 0 Å². The Morgan fingerprint density at radius 2 is 1.77 bits per heavy atom. The first-order valence-electron chi connectivity index (χ1n) is 8.99. The van der Waals surface area contributed by atoms with Gasteiger partial charge in [0.05, 0.1) is 5.39 Å². The van der Waals surface area contributed by atoms with Crippen molar-refractivity contribution in [3.63, 3.8) is 0 Å². The highest BCUT2D eigenvalue weighted by Gasteiger charge is 2.10. The standard InChI is InChI=1S/C22H21N3S/c1-2-3-7-16-10-12-18(13-11-16)25-21-19-14-20(17-8-5-4-6-9-17)26-22(19)24-15-23-21/h4-6,8-15H,2-3,7H2,1H3,(H,23,24,25). The molecule has 0 radical (unpaired) electrons. The van der Waals surface area contributed by atoms with E-state index < -0.39 is 0 Å². The molecule has 0 saturated heterocycles. The van der Waals surface area contributed by atoms with Gasteiger partial charge in [0.25, 0.3) is 0 Å². The monoisotopic (exact) mass is 359 g/mol. The number of thiophene rings is 1. The number of aromatic nitrogens is 2. The molecular formula is C22H21N3S. The Balaban J connectivity index is 1.61. The fraction of sp³-hybridized carbons (Fsp3) is 0.182. The zero-order chi connectivity index (χ0) is 17.8. The minimum absolute atomic E-state index is 0.856. The van der Waals surface area contributed by atoms with E-state index in [1.54, 1.807) is 17.7 Å². The Hall–Kier alpha value is -2.72. The summed E-state index contributed by atoms with van der Waals surface area (Å²) in [6, 6.07) is 21.2. The molecule has 2 heterocycles. The topological polar surface area (TPSA) is 37.8 Å². The number of unbranched alkanes of at least 4 members (excludes halogenated alkanes) is 1. The average Bonchev–Trinajstić information content (AvgIpc) is 3.14. The predicted octanol–water partition coefficient (Wildman–Crippen LogP) is 6.44. The van der Waals surface area contributed by atoms with Crippen LogP contribution in [0.3, 0.4) is 0 Å². The van der Waals surface area contributed by atoms with Crippen LogP contribution in [0.25, 0.3) is 20.7 Å². The van der Waals surface area contributed by atoms with Crippen molar-refractivity contribution in [3.05, 3.63) is 72.6 Å². The second kappa shape index (κ2) is 7.67. The van der Waals surface area contributed by atoms with Gasteiger partial charge in [-0.2, -0.15) is 0 Å². The first-order chi connectivity index (χ1) is 12.8. The van der Waals surface area contributed by atoms with Crippen molar-refractivity contribution in [2.45, 2.75) is 26.2 Å². The predicted molar refractivity (Wildman–Crippen MR) is 111 cm³/mol. The molecular weight excluding hydrogens is 338 g/mol. The van der Waals surface area contributed by atoms with Gasteiger partial charge in [-0.05, 0) is 42.2 Å². The third kappa shape index (κ3) is 3.60. The van der Waals surface area contributed by atoms with Crippen molar-refractivity contribution in [1.82, 2.24) is 9.97 Å². The number of nitrogens with zero attached hydrogens (tertiary/aromatic N) is 2. The van der Waals surface area contributed by atoms with E-state index in [2.05, 4.69) is 76.8 Å². The lowest BCUT2D eigenvalue weighted by molar-refractivity contribution is 0.795. The van der Waals surface area contributed by atoms with Crippen LogP contribution in [0.5, 0.6) is 0 Å². The van der Waals surface area contributed by atoms with Gasteiger partial charge in [0, 0.05) is 10.6 Å². The van der Waals surface area contributed by atoms with Gasteiger partial charge in [0.1, 0.15) is 17.0 Å². The fourth-order valence-corrected chi connectivity index (χ4v) is 3.98. The maximum Gasteiger partial charge on any atom is 0.142 e. The molecule has 0 aliphatic carbocycles. The molecule has 2 aromatic heterocycles. The summed E-state index contributed by atoms with van der Waals surface area (Å²) in [5.41, 5.74) is 3.64. The molecule has 0 atom stereocenters. The number of hydrogen-bond acceptors (Lipinski definition) is 4. The van der Waals surface area contributed by atoms with Crippen LogP contribution in [0.15, 0.2) is 67.0 Å². The molecule has 4 aromatic rings. The summed E-state index contributed by atoms with van der Waals surface area (Å²) in [4.78, 5) is 11.1. The van der Waals surface area contributed by atoms with Crippen LogP contribution >= 0.6 is 11.3 Å². The minimum atomic E-state index is 0.856. The number of nitrogens with one attached hydrogen (secondary N) is 1. The van der Waals surface area contributed by atoms with Crippen LogP contribution in [-0.4, -0.2) is 9.97 Å². The van der Waals surface area contributed by atoms with E-state index in [1.165, 1.54) is 28.8 Å². The van der Waals surface area contributed by atoms with Crippen LogP contribution in [0, 0.1) is 0 Å². The van der Waals surface area contributed by atoms with Crippen molar-refractivity contribution in [1.29, 1.82) is 0 Å². The summed E-state index contributed by atoms with van der Waals surface area (Å²) in [6.45, 7) is 2.22. The fourth-order valence-electron chi connectivity index (χ4n) is 2.97. The first kappa shape index (κ1) is 16.7. The summed E-state index contributed by atoms with van der Waals surface area (Å²) in [5.74, 6) is 0.856. The molecule has 0 aliphatic heterocycles. The van der Waals surface area contributed by atoms with Crippen LogP contribution < -0.4 is 5.32 Å². The third-order valence-electron chi connectivity index (χ3n) is 4.42. The van der Waals surface area contributed by atoms with E-state index in [-0.39, 0.29) is 0 Å². The lowest BCUT2D eigenvalue weighted by Gasteiger charge is -2.07. The Kier molecular flexibility index (Phi) is 4.93. The van der Waals surface area contributed by atoms with Gasteiger partial charge < -0.3 is 5.32 Å². The summed E-state index contributed by atoms with van der Waals surface area (Å²) in [7, 11) is 0. The number of aryl methyl sites for hydroxylation is 1. The molecule has 0 bridgehead atoms. The first-order valence-corrected chi connectivity index (χ1v) is 9.81. The number of fused-ring (bicyclic) bond motifs is 1. The minimum Gasteiger partial charge on any atom is -0.340 e. The largest absolute Gasteiger partial charge is 0.340 e. The Bertz CT molecular complexity index is 991. The van der Waals surface area contributed by atoms with Crippen molar-refractivity contribution in [3.8, 4) is 10.4 Å². The lowest BCUT2D eigenvalue weighted by Crippen LogP contribution is -1.95. The highest BCUT2D eigenvalue weighted by atomic mass is 32.1. The van der Waals surface area contributed by atoms with E-state index in [0.29, 0.717) is 0 Å². The lowest BCUT2D eigenvalue weighted by atomic mass is 10.1. The molecule has 130 valence electrons. The Morgan fingerprint density at radius 1 is 0.962 bits per heavy atom. The number of anilines is 2. The van der Waals surface area contributed by atoms with Crippen molar-refractivity contribution in [2.75, 3.05) is 5.32 Å². The summed E-state index contributed by atoms with van der Waals surface area (Å²) >= 11 is 1.70. The molecule has 0 aliphatic rings. The second-order valence-electron chi connectivity index (χ2n) is 6.34. The van der Waals surface area contributed by atoms with Gasteiger partial charge in [-0.25, -0.2) is 9.97 Å². The summed E-state index contributed by atoms with van der Waals surface area (Å²) in [5, 5.41) is 4.51. The van der Waals surface area contributed by atoms with Crippen molar-refractivity contribution >= 4 is 33.1 Å². The highest BCUT2D eigenvalue weighted by Crippen LogP contribution is 2.35. The second-order valence-corrected chi connectivity index (χ2v) is 7.37. The van der Waals surface area contributed by atoms with Gasteiger partial charge in [0.2, 0.25) is 0 Å². The van der Waals surface area contributed by atoms with E-state index in [9.17, 15) is 0 Å².